The van der Waals surface area contributed by atoms with E-state index >= 15 is 0 Å². The minimum atomic E-state index is -3.63. The molecule has 34 heavy (non-hydrogen) atoms. The first-order valence-corrected chi connectivity index (χ1v) is 12.5. The monoisotopic (exact) mass is 490 g/mol. The third-order valence-corrected chi connectivity index (χ3v) is 8.11. The van der Waals surface area contributed by atoms with E-state index in [0.29, 0.717) is 30.3 Å². The number of benzene rings is 1. The van der Waals surface area contributed by atoms with Crippen LogP contribution in [0.5, 0.6) is 0 Å². The number of H-pyrrole nitrogens is 1. The number of sulfonamides is 1. The van der Waals surface area contributed by atoms with Crippen molar-refractivity contribution in [2.75, 3.05) is 20.2 Å². The van der Waals surface area contributed by atoms with Crippen LogP contribution in [-0.2, 0) is 19.5 Å². The lowest BCUT2D eigenvalue weighted by Gasteiger charge is -2.29. The van der Waals surface area contributed by atoms with Crippen LogP contribution >= 0.6 is 0 Å². The Balaban J connectivity index is 1.70. The number of ketones is 1. The number of esters is 2. The van der Waals surface area contributed by atoms with E-state index in [1.54, 1.807) is 13.8 Å². The minimum Gasteiger partial charge on any atom is -0.465 e. The molecule has 0 saturated carbocycles. The zero-order valence-corrected chi connectivity index (χ0v) is 20.8. The highest BCUT2D eigenvalue weighted by atomic mass is 32.2. The second-order valence-corrected chi connectivity index (χ2v) is 10.6. The molecule has 10 heteroatoms. The number of carbonyl (C=O) groups excluding carboxylic acids is 3. The fourth-order valence-electron chi connectivity index (χ4n) is 4.03. The first-order valence-electron chi connectivity index (χ1n) is 11.1. The van der Waals surface area contributed by atoms with Crippen LogP contribution in [-0.4, -0.2) is 61.7 Å². The molecule has 0 aliphatic carbocycles. The molecule has 2 heterocycles. The van der Waals surface area contributed by atoms with Crippen molar-refractivity contribution >= 4 is 27.7 Å². The largest absolute Gasteiger partial charge is 0.465 e. The predicted molar refractivity (Wildman–Crippen MR) is 124 cm³/mol. The molecule has 1 saturated heterocycles. The molecule has 0 bridgehead atoms. The molecule has 0 radical (unpaired) electrons. The summed E-state index contributed by atoms with van der Waals surface area (Å²) in [4.78, 5) is 40.4. The summed E-state index contributed by atoms with van der Waals surface area (Å²) in [6.45, 7) is 7.74. The lowest BCUT2D eigenvalue weighted by Crippen LogP contribution is -2.37. The number of rotatable bonds is 7. The Kier molecular flexibility index (Phi) is 7.62. The number of nitrogens with one attached hydrogen (secondary N) is 1. The summed E-state index contributed by atoms with van der Waals surface area (Å²) in [6.07, 6.45) is 0.501. The summed E-state index contributed by atoms with van der Waals surface area (Å²) < 4.78 is 37.2. The molecule has 2 aromatic rings. The van der Waals surface area contributed by atoms with Crippen LogP contribution in [0.25, 0.3) is 0 Å². The van der Waals surface area contributed by atoms with Gasteiger partial charge in [-0.05, 0) is 69.4 Å². The van der Waals surface area contributed by atoms with Gasteiger partial charge in [0.05, 0.1) is 28.8 Å². The number of piperidine rings is 1. The summed E-state index contributed by atoms with van der Waals surface area (Å²) in [5.74, 6) is -1.32. The average molecular weight is 491 g/mol. The number of methoxy groups -OCH3 is 1. The number of ether oxygens (including phenoxy) is 2. The highest BCUT2D eigenvalue weighted by molar-refractivity contribution is 7.89. The van der Waals surface area contributed by atoms with Gasteiger partial charge in [-0.2, -0.15) is 4.31 Å². The minimum absolute atomic E-state index is 0.107. The molecule has 1 fully saturated rings. The molecule has 1 aliphatic heterocycles. The second-order valence-electron chi connectivity index (χ2n) is 8.64. The van der Waals surface area contributed by atoms with E-state index in [1.165, 1.54) is 42.6 Å². The van der Waals surface area contributed by atoms with Gasteiger partial charge < -0.3 is 14.5 Å². The molecule has 1 aromatic carbocycles. The highest BCUT2D eigenvalue weighted by Crippen LogP contribution is 2.24. The Hall–Kier alpha value is -2.98. The topological polar surface area (TPSA) is 123 Å². The number of hydrogen-bond acceptors (Lipinski definition) is 7. The first-order chi connectivity index (χ1) is 16.0. The molecular formula is C24H30N2O7S. The van der Waals surface area contributed by atoms with E-state index in [1.807, 2.05) is 0 Å². The lowest BCUT2D eigenvalue weighted by molar-refractivity contribution is 0.0316. The van der Waals surface area contributed by atoms with Crippen molar-refractivity contribution in [3.63, 3.8) is 0 Å². The van der Waals surface area contributed by atoms with Crippen molar-refractivity contribution < 1.29 is 32.3 Å². The van der Waals surface area contributed by atoms with Gasteiger partial charge in [0.2, 0.25) is 15.8 Å². The zero-order valence-electron chi connectivity index (χ0n) is 20.0. The number of aromatic amines is 1. The van der Waals surface area contributed by atoms with Gasteiger partial charge in [0.25, 0.3) is 0 Å². The number of aromatic nitrogens is 1. The van der Waals surface area contributed by atoms with Crippen LogP contribution in [0.4, 0.5) is 0 Å². The maximum absolute atomic E-state index is 12.9. The van der Waals surface area contributed by atoms with Gasteiger partial charge in [0.15, 0.2) is 6.10 Å². The number of aryl methyl sites for hydroxylation is 1. The van der Waals surface area contributed by atoms with Gasteiger partial charge in [-0.3, -0.25) is 4.79 Å². The molecule has 9 nitrogen and oxygen atoms in total. The molecule has 1 atom stereocenters. The van der Waals surface area contributed by atoms with Gasteiger partial charge in [-0.15, -0.1) is 0 Å². The number of nitrogens with zero attached hydrogens (tertiary/aromatic N) is 1. The second kappa shape index (κ2) is 10.1. The van der Waals surface area contributed by atoms with Gasteiger partial charge in [0, 0.05) is 18.8 Å². The van der Waals surface area contributed by atoms with Crippen molar-refractivity contribution in [2.24, 2.45) is 5.92 Å². The Morgan fingerprint density at radius 2 is 1.65 bits per heavy atom. The predicted octanol–water partition coefficient (Wildman–Crippen LogP) is 3.27. The van der Waals surface area contributed by atoms with Gasteiger partial charge in [0.1, 0.15) is 0 Å². The van der Waals surface area contributed by atoms with E-state index in [2.05, 4.69) is 11.9 Å². The maximum Gasteiger partial charge on any atom is 0.339 e. The van der Waals surface area contributed by atoms with Crippen LogP contribution < -0.4 is 0 Å². The number of carbonyl (C=O) groups is 3. The van der Waals surface area contributed by atoms with E-state index in [4.69, 9.17) is 9.47 Å². The molecule has 0 spiro atoms. The van der Waals surface area contributed by atoms with Crippen LogP contribution in [0.2, 0.25) is 0 Å². The van der Waals surface area contributed by atoms with Crippen molar-refractivity contribution in [2.45, 2.75) is 51.5 Å². The van der Waals surface area contributed by atoms with E-state index in [-0.39, 0.29) is 21.7 Å². The van der Waals surface area contributed by atoms with Crippen molar-refractivity contribution in [1.82, 2.24) is 9.29 Å². The molecule has 1 aromatic heterocycles. The average Bonchev–Trinajstić information content (AvgIpc) is 3.12. The Bertz CT molecular complexity index is 1190. The highest BCUT2D eigenvalue weighted by Gasteiger charge is 2.29. The van der Waals surface area contributed by atoms with Gasteiger partial charge >= 0.3 is 11.9 Å². The molecule has 1 N–H and O–H groups in total. The summed E-state index contributed by atoms with van der Waals surface area (Å²) in [5, 5.41) is 0. The Labute approximate surface area is 199 Å². The maximum atomic E-state index is 12.9. The summed E-state index contributed by atoms with van der Waals surface area (Å²) in [6, 6.07) is 5.49. The Morgan fingerprint density at radius 3 is 2.21 bits per heavy atom. The van der Waals surface area contributed by atoms with Crippen molar-refractivity contribution in [3.8, 4) is 0 Å². The normalized spacial score (nSPS) is 16.1. The van der Waals surface area contributed by atoms with Crippen LogP contribution in [0.15, 0.2) is 29.2 Å². The van der Waals surface area contributed by atoms with Crippen molar-refractivity contribution in [3.05, 3.63) is 52.3 Å². The summed E-state index contributed by atoms with van der Waals surface area (Å²) >= 11 is 0. The molecular weight excluding hydrogens is 460 g/mol. The van der Waals surface area contributed by atoms with Crippen molar-refractivity contribution in [1.29, 1.82) is 0 Å². The van der Waals surface area contributed by atoms with E-state index < -0.39 is 33.8 Å². The molecule has 3 rings (SSSR count). The fourth-order valence-corrected chi connectivity index (χ4v) is 5.50. The number of hydrogen-bond donors (Lipinski definition) is 1. The smallest absolute Gasteiger partial charge is 0.339 e. The molecule has 184 valence electrons. The standard InChI is InChI=1S/C24H30N2O7S/c1-14-10-12-26(13-11-14)34(30,31)19-8-6-18(7-9-19)23(28)33-17(4)22(27)21-15(2)20(16(3)25-21)24(29)32-5/h6-9,14,17,25H,10-13H2,1-5H3. The molecule has 1 unspecified atom stereocenters. The van der Waals surface area contributed by atoms with Crippen LogP contribution in [0, 0.1) is 19.8 Å². The lowest BCUT2D eigenvalue weighted by atomic mass is 10.0. The third-order valence-electron chi connectivity index (χ3n) is 6.20. The zero-order chi connectivity index (χ0) is 25.2. The number of Topliss-reactive ketones (excluding diaryl/α,β-unsaturated/α-hetero) is 1. The SMILES string of the molecule is COC(=O)c1c(C)[nH]c(C(=O)C(C)OC(=O)c2ccc(S(=O)(=O)N3CCC(C)CC3)cc2)c1C. The molecule has 0 amide bonds. The van der Waals surface area contributed by atoms with Gasteiger partial charge in [-0.1, -0.05) is 6.92 Å². The van der Waals surface area contributed by atoms with E-state index in [9.17, 15) is 22.8 Å². The van der Waals surface area contributed by atoms with E-state index in [0.717, 1.165) is 12.8 Å². The summed E-state index contributed by atoms with van der Waals surface area (Å²) in [7, 11) is -2.38. The quantitative estimate of drug-likeness (QED) is 0.467. The van der Waals surface area contributed by atoms with Crippen LogP contribution in [0.3, 0.4) is 0 Å². The fraction of sp³-hybridized carbons (Fsp3) is 0.458. The van der Waals surface area contributed by atoms with Crippen LogP contribution in [0.1, 0.15) is 69.2 Å². The third kappa shape index (κ3) is 5.07. The Morgan fingerprint density at radius 1 is 1.06 bits per heavy atom. The molecule has 1 aliphatic rings. The van der Waals surface area contributed by atoms with Gasteiger partial charge in [-0.25, -0.2) is 18.0 Å². The first kappa shape index (κ1) is 25.6. The summed E-state index contributed by atoms with van der Waals surface area (Å²) in [5.41, 5.74) is 1.45.